The minimum absolute atomic E-state index is 0. The third kappa shape index (κ3) is 7.30. The average Bonchev–Trinajstić information content (AvgIpc) is 2.68. The van der Waals surface area contributed by atoms with E-state index in [4.69, 9.17) is 20.7 Å². The number of aliphatic carboxylic acids is 2. The second-order valence-electron chi connectivity index (χ2n) is 7.20. The Morgan fingerprint density at radius 1 is 1.16 bits per heavy atom. The topological polar surface area (TPSA) is 204 Å². The van der Waals surface area contributed by atoms with Gasteiger partial charge in [0.05, 0.1) is 18.2 Å². The summed E-state index contributed by atoms with van der Waals surface area (Å²) in [5.41, 5.74) is -3.16. The molecule has 0 aromatic carbocycles. The number of hydrogen-bond donors (Lipinski definition) is 3. The summed E-state index contributed by atoms with van der Waals surface area (Å²) in [7, 11) is 0. The van der Waals surface area contributed by atoms with Gasteiger partial charge in [0.15, 0.2) is 5.41 Å². The molecule has 0 saturated heterocycles. The van der Waals surface area contributed by atoms with Crippen molar-refractivity contribution in [3.63, 3.8) is 0 Å². The zero-order valence-corrected chi connectivity index (χ0v) is 20.8. The number of amidine groups is 1. The van der Waals surface area contributed by atoms with Gasteiger partial charge in [0.25, 0.3) is 5.91 Å². The van der Waals surface area contributed by atoms with Crippen LogP contribution >= 0.6 is 0 Å². The molecule has 0 aromatic heterocycles. The van der Waals surface area contributed by atoms with Crippen molar-refractivity contribution in [3.05, 3.63) is 0 Å². The van der Waals surface area contributed by atoms with Gasteiger partial charge >= 0.3 is 41.5 Å². The second kappa shape index (κ2) is 14.6. The van der Waals surface area contributed by atoms with E-state index in [-0.39, 0.29) is 61.2 Å². The van der Waals surface area contributed by atoms with Gasteiger partial charge in [0.1, 0.15) is 5.41 Å². The summed E-state index contributed by atoms with van der Waals surface area (Å²) in [6.45, 7) is 5.62. The van der Waals surface area contributed by atoms with Crippen molar-refractivity contribution in [1.29, 1.82) is 10.5 Å². The first-order chi connectivity index (χ1) is 14.5. The van der Waals surface area contributed by atoms with Crippen LogP contribution in [0.4, 0.5) is 0 Å². The summed E-state index contributed by atoms with van der Waals surface area (Å²) in [4.78, 5) is 48.8. The third-order valence-corrected chi connectivity index (χ3v) is 5.48. The Morgan fingerprint density at radius 2 is 1.62 bits per heavy atom. The van der Waals surface area contributed by atoms with E-state index in [1.807, 2.05) is 13.8 Å². The van der Waals surface area contributed by atoms with Gasteiger partial charge < -0.3 is 20.6 Å². The van der Waals surface area contributed by atoms with Crippen LogP contribution in [0.25, 0.3) is 0 Å². The molecule has 0 saturated carbocycles. The van der Waals surface area contributed by atoms with Gasteiger partial charge in [-0.2, -0.15) is 10.5 Å². The Hall–Kier alpha value is -2.47. The maximum Gasteiger partial charge on any atom is 1.00 e. The summed E-state index contributed by atoms with van der Waals surface area (Å²) in [5.74, 6) is -4.20. The molecule has 0 spiro atoms. The predicted octanol–water partition coefficient (Wildman–Crippen LogP) is -2.05. The number of carbonyl (C=O) groups is 4. The molecule has 1 heterocycles. The molecule has 2 unspecified atom stereocenters. The van der Waals surface area contributed by atoms with E-state index in [0.717, 1.165) is 12.8 Å². The molecule has 170 valence electrons. The van der Waals surface area contributed by atoms with Crippen molar-refractivity contribution in [2.24, 2.45) is 21.7 Å². The molecule has 0 aliphatic carbocycles. The number of hydrogen-bond acceptors (Lipinski definition) is 7. The molecule has 12 heteroatoms. The van der Waals surface area contributed by atoms with E-state index in [9.17, 15) is 24.3 Å². The van der Waals surface area contributed by atoms with Gasteiger partial charge in [-0.05, 0) is 31.6 Å². The maximum absolute atomic E-state index is 11.9. The second-order valence-corrected chi connectivity index (χ2v) is 7.20. The Kier molecular flexibility index (Phi) is 14.4. The first-order valence-corrected chi connectivity index (χ1v) is 9.82. The molecular formula is C20H27N4NaO7. The molecule has 1 rings (SSSR count). The van der Waals surface area contributed by atoms with Crippen LogP contribution in [0.2, 0.25) is 0 Å². The monoisotopic (exact) mass is 458 g/mol. The minimum atomic E-state index is -2.01. The van der Waals surface area contributed by atoms with Crippen LogP contribution in [0.5, 0.6) is 0 Å². The Morgan fingerprint density at radius 3 is 1.94 bits per heavy atom. The van der Waals surface area contributed by atoms with Gasteiger partial charge in [-0.3, -0.25) is 19.2 Å². The van der Waals surface area contributed by atoms with Crippen LogP contribution in [0, 0.1) is 39.4 Å². The van der Waals surface area contributed by atoms with Crippen LogP contribution in [0.15, 0.2) is 4.99 Å². The smallest absolute Gasteiger partial charge is 0.846 e. The quantitative estimate of drug-likeness (QED) is 0.243. The number of aliphatic imine (C=N–C) groups is 1. The normalized spacial score (nSPS) is 18.3. The number of amides is 2. The molecule has 0 radical (unpaired) electrons. The molecule has 11 nitrogen and oxygen atoms in total. The van der Waals surface area contributed by atoms with Crippen molar-refractivity contribution in [2.75, 3.05) is 0 Å². The zero-order chi connectivity index (χ0) is 24.2. The molecule has 3 N–H and O–H groups in total. The van der Waals surface area contributed by atoms with Crippen molar-refractivity contribution < 1.29 is 64.1 Å². The van der Waals surface area contributed by atoms with Crippen LogP contribution in [-0.4, -0.2) is 40.0 Å². The summed E-state index contributed by atoms with van der Waals surface area (Å²) < 4.78 is 0. The molecule has 0 fully saturated rings. The van der Waals surface area contributed by atoms with Gasteiger partial charge in [-0.1, -0.05) is 27.2 Å². The molecule has 0 bridgehead atoms. The van der Waals surface area contributed by atoms with E-state index >= 15 is 0 Å². The fraction of sp³-hybridized carbons (Fsp3) is 0.650. The van der Waals surface area contributed by atoms with Gasteiger partial charge in [0, 0.05) is 12.8 Å². The van der Waals surface area contributed by atoms with E-state index in [2.05, 4.69) is 10.3 Å². The Labute approximate surface area is 208 Å². The SMILES string of the molecule is CCCC(C)C1(CC)C(=O)N=C([O-])NC1=O.N#CCCC(CCC#N)(C(=O)O)C(=O)O.[Na+]. The number of carboxylic acids is 2. The fourth-order valence-electron chi connectivity index (χ4n) is 3.48. The van der Waals surface area contributed by atoms with Gasteiger partial charge in [0.2, 0.25) is 5.91 Å². The third-order valence-electron chi connectivity index (χ3n) is 5.48. The summed E-state index contributed by atoms with van der Waals surface area (Å²) in [6, 6.07) is 2.55. The molecule has 32 heavy (non-hydrogen) atoms. The van der Waals surface area contributed by atoms with Crippen molar-refractivity contribution in [3.8, 4) is 12.1 Å². The van der Waals surface area contributed by atoms with Crippen LogP contribution in [0.1, 0.15) is 65.7 Å². The van der Waals surface area contributed by atoms with Gasteiger partial charge in [-0.25, -0.2) is 4.99 Å². The van der Waals surface area contributed by atoms with E-state index in [0.29, 0.717) is 6.42 Å². The predicted molar refractivity (Wildman–Crippen MR) is 105 cm³/mol. The van der Waals surface area contributed by atoms with Crippen molar-refractivity contribution >= 4 is 29.8 Å². The molecule has 2 amide bonds. The van der Waals surface area contributed by atoms with Gasteiger partial charge in [-0.15, -0.1) is 0 Å². The molecule has 0 aromatic rings. The maximum atomic E-state index is 11.9. The largest absolute Gasteiger partial charge is 1.00 e. The first kappa shape index (κ1) is 31.7. The van der Waals surface area contributed by atoms with E-state index in [1.165, 1.54) is 0 Å². The average molecular weight is 458 g/mol. The number of carboxylic acid groups (broad SMARTS) is 2. The molecule has 1 aliphatic rings. The minimum Gasteiger partial charge on any atom is -0.846 e. The first-order valence-electron chi connectivity index (χ1n) is 9.82. The molecule has 1 aliphatic heterocycles. The Balaban J connectivity index is 0. The number of nitrogens with zero attached hydrogens (tertiary/aromatic N) is 3. The van der Waals surface area contributed by atoms with Crippen LogP contribution < -0.4 is 40.0 Å². The Bertz CT molecular complexity index is 782. The van der Waals surface area contributed by atoms with Crippen molar-refractivity contribution in [1.82, 2.24) is 5.32 Å². The van der Waals surface area contributed by atoms with E-state index in [1.54, 1.807) is 19.1 Å². The van der Waals surface area contributed by atoms with Crippen molar-refractivity contribution in [2.45, 2.75) is 65.7 Å². The number of nitriles is 2. The van der Waals surface area contributed by atoms with Crippen LogP contribution in [-0.2, 0) is 19.2 Å². The zero-order valence-electron chi connectivity index (χ0n) is 18.8. The summed E-state index contributed by atoms with van der Waals surface area (Å²) in [6.07, 6.45) is 1.13. The summed E-state index contributed by atoms with van der Waals surface area (Å²) in [5, 5.41) is 47.4. The standard InChI is InChI=1S/C11H18N2O3.C9H10N2O4.Na/c1-4-6-7(3)11(5-2)8(14)12-10(16)13-9(11)15;10-5-1-3-9(7(12)13,8(14)15)4-2-6-11;/h7H,4-6H2,1-3H3,(H2,12,13,14,15,16);1-4H2,(H,12,13)(H,14,15);/q;;+1/p-1. The van der Waals surface area contributed by atoms with Crippen LogP contribution in [0.3, 0.4) is 0 Å². The fourth-order valence-corrected chi connectivity index (χ4v) is 3.48. The molecule has 2 atom stereocenters. The number of rotatable bonds is 10. The molecular weight excluding hydrogens is 431 g/mol. The number of nitrogens with one attached hydrogen (secondary N) is 1. The summed E-state index contributed by atoms with van der Waals surface area (Å²) >= 11 is 0. The van der Waals surface area contributed by atoms with E-state index < -0.39 is 40.6 Å². The number of carbonyl (C=O) groups excluding carboxylic acids is 2.